The average molecular weight is 493 g/mol. The van der Waals surface area contributed by atoms with Gasteiger partial charge in [-0.25, -0.2) is 5.06 Å². The zero-order chi connectivity index (χ0) is 22.2. The number of hydrogen-bond donors (Lipinski definition) is 0. The van der Waals surface area contributed by atoms with Crippen molar-refractivity contribution in [2.75, 3.05) is 12.2 Å². The number of nitrogens with zero attached hydrogens (tertiary/aromatic N) is 2. The maximum atomic E-state index is 13.6. The third-order valence-electron chi connectivity index (χ3n) is 5.91. The first-order valence-corrected chi connectivity index (χ1v) is 11.1. The van der Waals surface area contributed by atoms with Crippen molar-refractivity contribution in [2.45, 2.75) is 18.7 Å². The Morgan fingerprint density at radius 3 is 2.31 bits per heavy atom. The van der Waals surface area contributed by atoms with Gasteiger partial charge in [-0.15, -0.1) is 0 Å². The van der Waals surface area contributed by atoms with Gasteiger partial charge in [-0.2, -0.15) is 0 Å². The number of ether oxygens (including phenoxy) is 1. The van der Waals surface area contributed by atoms with E-state index in [0.717, 1.165) is 21.3 Å². The van der Waals surface area contributed by atoms with Crippen molar-refractivity contribution in [3.05, 3.63) is 94.5 Å². The summed E-state index contributed by atoms with van der Waals surface area (Å²) in [6.07, 6.45) is -0.889. The van der Waals surface area contributed by atoms with Crippen LogP contribution in [-0.4, -0.2) is 29.9 Å². The molecule has 2 aliphatic rings. The molecule has 0 aliphatic carbocycles. The van der Waals surface area contributed by atoms with Gasteiger partial charge >= 0.3 is 0 Å². The zero-order valence-corrected chi connectivity index (χ0v) is 18.9. The van der Waals surface area contributed by atoms with Crippen LogP contribution in [0.2, 0.25) is 0 Å². The van der Waals surface area contributed by atoms with E-state index in [1.54, 1.807) is 12.2 Å². The van der Waals surface area contributed by atoms with Crippen LogP contribution >= 0.6 is 15.9 Å². The maximum Gasteiger partial charge on any atom is 0.262 e. The van der Waals surface area contributed by atoms with Crippen molar-refractivity contribution in [2.24, 2.45) is 5.92 Å². The number of imide groups is 1. The molecule has 3 aromatic carbocycles. The highest BCUT2D eigenvalue weighted by atomic mass is 79.9. The molecule has 32 heavy (non-hydrogen) atoms. The number of amides is 2. The molecule has 7 heteroatoms. The minimum atomic E-state index is -0.889. The van der Waals surface area contributed by atoms with E-state index < -0.39 is 18.1 Å². The molecule has 0 N–H and O–H groups in total. The smallest absolute Gasteiger partial charge is 0.262 e. The lowest BCUT2D eigenvalue weighted by Gasteiger charge is -2.29. The summed E-state index contributed by atoms with van der Waals surface area (Å²) < 4.78 is 6.47. The second-order valence-electron chi connectivity index (χ2n) is 7.79. The van der Waals surface area contributed by atoms with E-state index in [1.165, 1.54) is 4.90 Å². The van der Waals surface area contributed by atoms with Crippen LogP contribution in [0, 0.1) is 5.92 Å². The fraction of sp³-hybridized carbons (Fsp3) is 0.200. The molecule has 0 bridgehead atoms. The largest absolute Gasteiger partial charge is 0.496 e. The highest BCUT2D eigenvalue weighted by Gasteiger charge is 2.60. The molecule has 5 rings (SSSR count). The van der Waals surface area contributed by atoms with Gasteiger partial charge in [0, 0.05) is 10.0 Å². The minimum absolute atomic E-state index is 0.225. The number of rotatable bonds is 5. The van der Waals surface area contributed by atoms with E-state index in [9.17, 15) is 9.59 Å². The van der Waals surface area contributed by atoms with Crippen molar-refractivity contribution < 1.29 is 19.2 Å². The second kappa shape index (κ2) is 8.41. The summed E-state index contributed by atoms with van der Waals surface area (Å²) in [6, 6.07) is 24.1. The molecule has 0 radical (unpaired) electrons. The first kappa shape index (κ1) is 20.7. The third kappa shape index (κ3) is 3.47. The number of hydrogen-bond acceptors (Lipinski definition) is 5. The molecule has 2 fully saturated rings. The summed E-state index contributed by atoms with van der Waals surface area (Å²) in [5, 5.41) is 1.68. The highest BCUT2D eigenvalue weighted by molar-refractivity contribution is 9.10. The van der Waals surface area contributed by atoms with Crippen molar-refractivity contribution in [1.82, 2.24) is 4.90 Å². The Morgan fingerprint density at radius 1 is 0.938 bits per heavy atom. The van der Waals surface area contributed by atoms with Gasteiger partial charge in [-0.05, 0) is 35.9 Å². The number of fused-ring (bicyclic) bond motifs is 1. The predicted octanol–water partition coefficient (Wildman–Crippen LogP) is 4.50. The Morgan fingerprint density at radius 2 is 1.62 bits per heavy atom. The van der Waals surface area contributed by atoms with E-state index in [-0.39, 0.29) is 18.4 Å². The van der Waals surface area contributed by atoms with Gasteiger partial charge in [0.15, 0.2) is 6.10 Å². The molecule has 2 aliphatic heterocycles. The summed E-state index contributed by atoms with van der Waals surface area (Å²) in [5.74, 6) is -0.615. The topological polar surface area (TPSA) is 59.1 Å². The van der Waals surface area contributed by atoms with Crippen LogP contribution < -0.4 is 9.80 Å². The van der Waals surface area contributed by atoms with Crippen LogP contribution in [0.4, 0.5) is 5.69 Å². The number of benzene rings is 3. The highest BCUT2D eigenvalue weighted by Crippen LogP contribution is 2.49. The Balaban J connectivity index is 1.58. The fourth-order valence-electron chi connectivity index (χ4n) is 4.44. The molecule has 162 valence electrons. The standard InChI is InChI=1S/C25H21BrN2O4/c1-31-20-13-12-17(26)14-19(20)22-21-23(32-28(22)18-10-6-3-7-11-18)25(30)27(24(21)29)15-16-8-4-2-5-9-16/h2-14,21-23H,15H2,1H3. The number of hydroxylamine groups is 1. The van der Waals surface area contributed by atoms with Crippen molar-refractivity contribution in [3.8, 4) is 5.75 Å². The number of halogens is 1. The molecule has 3 aromatic rings. The Bertz CT molecular complexity index is 1160. The summed E-state index contributed by atoms with van der Waals surface area (Å²) >= 11 is 3.53. The summed E-state index contributed by atoms with van der Waals surface area (Å²) in [5.41, 5.74) is 2.44. The zero-order valence-electron chi connectivity index (χ0n) is 17.4. The Labute approximate surface area is 194 Å². The number of carbonyl (C=O) groups is 2. The molecule has 6 nitrogen and oxygen atoms in total. The Kier molecular flexibility index (Phi) is 5.45. The van der Waals surface area contributed by atoms with Crippen LogP contribution in [0.3, 0.4) is 0 Å². The summed E-state index contributed by atoms with van der Waals surface area (Å²) in [4.78, 5) is 34.4. The van der Waals surface area contributed by atoms with Gasteiger partial charge in [0.1, 0.15) is 11.7 Å². The minimum Gasteiger partial charge on any atom is -0.496 e. The molecule has 0 saturated carbocycles. The fourth-order valence-corrected chi connectivity index (χ4v) is 4.82. The normalized spacial score (nSPS) is 22.4. The predicted molar refractivity (Wildman–Crippen MR) is 123 cm³/mol. The lowest BCUT2D eigenvalue weighted by molar-refractivity contribution is -0.143. The number of methoxy groups -OCH3 is 1. The van der Waals surface area contributed by atoms with Gasteiger partial charge in [0.2, 0.25) is 5.91 Å². The van der Waals surface area contributed by atoms with Gasteiger partial charge in [0.05, 0.1) is 25.4 Å². The van der Waals surface area contributed by atoms with Crippen LogP contribution in [0.1, 0.15) is 17.2 Å². The van der Waals surface area contributed by atoms with E-state index >= 15 is 0 Å². The lowest BCUT2D eigenvalue weighted by atomic mass is 9.90. The van der Waals surface area contributed by atoms with Crippen LogP contribution in [0.15, 0.2) is 83.3 Å². The van der Waals surface area contributed by atoms with Crippen molar-refractivity contribution in [3.63, 3.8) is 0 Å². The van der Waals surface area contributed by atoms with E-state index in [4.69, 9.17) is 9.57 Å². The van der Waals surface area contributed by atoms with Crippen molar-refractivity contribution >= 4 is 33.4 Å². The number of likely N-dealkylation sites (tertiary alicyclic amines) is 1. The molecule has 3 unspecified atom stereocenters. The number of anilines is 1. The van der Waals surface area contributed by atoms with E-state index in [1.807, 2.05) is 78.9 Å². The first-order valence-electron chi connectivity index (χ1n) is 10.3. The molecule has 2 amide bonds. The second-order valence-corrected chi connectivity index (χ2v) is 8.71. The first-order chi connectivity index (χ1) is 15.6. The van der Waals surface area contributed by atoms with E-state index in [0.29, 0.717) is 5.75 Å². The molecule has 2 saturated heterocycles. The quantitative estimate of drug-likeness (QED) is 0.490. The van der Waals surface area contributed by atoms with Gasteiger partial charge in [-0.1, -0.05) is 64.5 Å². The lowest BCUT2D eigenvalue weighted by Crippen LogP contribution is -2.37. The van der Waals surface area contributed by atoms with Crippen molar-refractivity contribution in [1.29, 1.82) is 0 Å². The van der Waals surface area contributed by atoms with E-state index in [2.05, 4.69) is 15.9 Å². The summed E-state index contributed by atoms with van der Waals surface area (Å²) in [7, 11) is 1.59. The number of carbonyl (C=O) groups excluding carboxylic acids is 2. The molecular formula is C25H21BrN2O4. The Hall–Kier alpha value is -3.16. The molecule has 2 heterocycles. The molecule has 3 atom stereocenters. The van der Waals surface area contributed by atoms with Gasteiger partial charge in [0.25, 0.3) is 5.91 Å². The van der Waals surface area contributed by atoms with Gasteiger partial charge in [-0.3, -0.25) is 19.3 Å². The average Bonchev–Trinajstić information content (AvgIpc) is 3.32. The third-order valence-corrected chi connectivity index (χ3v) is 6.40. The number of para-hydroxylation sites is 1. The molecular weight excluding hydrogens is 472 g/mol. The van der Waals surface area contributed by atoms with Crippen LogP contribution in [0.5, 0.6) is 5.75 Å². The summed E-state index contributed by atoms with van der Waals surface area (Å²) in [6.45, 7) is 0.225. The molecule has 0 aromatic heterocycles. The molecule has 0 spiro atoms. The SMILES string of the molecule is COc1ccc(Br)cc1C1C2C(=O)N(Cc3ccccc3)C(=O)C2ON1c1ccccc1. The van der Waals surface area contributed by atoms with Crippen LogP contribution in [0.25, 0.3) is 0 Å². The van der Waals surface area contributed by atoms with Gasteiger partial charge < -0.3 is 4.74 Å². The maximum absolute atomic E-state index is 13.6. The van der Waals surface area contributed by atoms with Crippen LogP contribution in [-0.2, 0) is 21.0 Å². The monoisotopic (exact) mass is 492 g/mol.